The van der Waals surface area contributed by atoms with Gasteiger partial charge in [0.25, 0.3) is 0 Å². The maximum Gasteiger partial charge on any atom is 0.180 e. The molecule has 2 heterocycles. The molecule has 0 spiro atoms. The van der Waals surface area contributed by atoms with E-state index in [0.717, 1.165) is 11.3 Å². The zero-order chi connectivity index (χ0) is 21.1. The van der Waals surface area contributed by atoms with Crippen molar-refractivity contribution in [3.63, 3.8) is 0 Å². The third-order valence-electron chi connectivity index (χ3n) is 4.43. The number of anilines is 2. The minimum Gasteiger partial charge on any atom is -0.504 e. The first-order valence-corrected chi connectivity index (χ1v) is 9.58. The Morgan fingerprint density at radius 2 is 1.80 bits per heavy atom. The summed E-state index contributed by atoms with van der Waals surface area (Å²) in [6.07, 6.45) is 1.61. The SMILES string of the molecule is COc1cc(-c2ccc3ncc(NC(=S)Nc4ccc(C)cc4)nc3n2)ccc1O. The topological polar surface area (TPSA) is 92.2 Å². The number of benzene rings is 2. The van der Waals surface area contributed by atoms with E-state index in [9.17, 15) is 5.11 Å². The number of pyridine rings is 1. The van der Waals surface area contributed by atoms with E-state index in [2.05, 4.69) is 25.6 Å². The summed E-state index contributed by atoms with van der Waals surface area (Å²) in [5, 5.41) is 16.4. The minimum atomic E-state index is 0.0721. The maximum atomic E-state index is 9.80. The van der Waals surface area contributed by atoms with Crippen LogP contribution in [-0.2, 0) is 0 Å². The lowest BCUT2D eigenvalue weighted by atomic mass is 10.1. The zero-order valence-electron chi connectivity index (χ0n) is 16.4. The van der Waals surface area contributed by atoms with Crippen LogP contribution >= 0.6 is 12.2 Å². The molecule has 0 bridgehead atoms. The summed E-state index contributed by atoms with van der Waals surface area (Å²) >= 11 is 5.37. The van der Waals surface area contributed by atoms with Crippen molar-refractivity contribution in [2.24, 2.45) is 0 Å². The van der Waals surface area contributed by atoms with Crippen LogP contribution in [-0.4, -0.2) is 32.3 Å². The summed E-state index contributed by atoms with van der Waals surface area (Å²) in [6, 6.07) is 16.7. The fraction of sp³-hybridized carbons (Fsp3) is 0.0909. The maximum absolute atomic E-state index is 9.80. The van der Waals surface area contributed by atoms with Gasteiger partial charge in [-0.3, -0.25) is 0 Å². The van der Waals surface area contributed by atoms with E-state index in [1.165, 1.54) is 12.7 Å². The molecule has 4 aromatic rings. The molecule has 0 fully saturated rings. The Morgan fingerprint density at radius 1 is 1.00 bits per heavy atom. The Labute approximate surface area is 178 Å². The highest BCUT2D eigenvalue weighted by Gasteiger charge is 2.09. The van der Waals surface area contributed by atoms with E-state index >= 15 is 0 Å². The third kappa shape index (κ3) is 4.28. The highest BCUT2D eigenvalue weighted by Crippen LogP contribution is 2.31. The Hall–Kier alpha value is -3.78. The summed E-state index contributed by atoms with van der Waals surface area (Å²) in [6.45, 7) is 2.03. The number of phenols is 1. The number of hydrogen-bond acceptors (Lipinski definition) is 6. The summed E-state index contributed by atoms with van der Waals surface area (Å²) in [7, 11) is 1.50. The monoisotopic (exact) mass is 417 g/mol. The highest BCUT2D eigenvalue weighted by atomic mass is 32.1. The molecule has 0 radical (unpaired) electrons. The van der Waals surface area contributed by atoms with Crippen molar-refractivity contribution >= 4 is 40.0 Å². The van der Waals surface area contributed by atoms with Crippen molar-refractivity contribution in [2.45, 2.75) is 6.92 Å². The Morgan fingerprint density at radius 3 is 2.57 bits per heavy atom. The molecule has 8 heteroatoms. The molecule has 2 aromatic carbocycles. The predicted octanol–water partition coefficient (Wildman–Crippen LogP) is 4.52. The Bertz CT molecular complexity index is 1230. The smallest absolute Gasteiger partial charge is 0.180 e. The van der Waals surface area contributed by atoms with Crippen LogP contribution in [0.3, 0.4) is 0 Å². The van der Waals surface area contributed by atoms with Gasteiger partial charge in [-0.2, -0.15) is 0 Å². The van der Waals surface area contributed by atoms with Crippen LogP contribution in [0.5, 0.6) is 11.5 Å². The van der Waals surface area contributed by atoms with Gasteiger partial charge in [0.1, 0.15) is 5.52 Å². The largest absolute Gasteiger partial charge is 0.504 e. The molecule has 0 atom stereocenters. The lowest BCUT2D eigenvalue weighted by molar-refractivity contribution is 0.373. The number of thiocarbonyl (C=S) groups is 1. The number of fused-ring (bicyclic) bond motifs is 1. The average Bonchev–Trinajstić information content (AvgIpc) is 2.75. The Balaban J connectivity index is 1.57. The van der Waals surface area contributed by atoms with Crippen LogP contribution in [0, 0.1) is 6.92 Å². The molecule has 30 heavy (non-hydrogen) atoms. The molecule has 150 valence electrons. The van der Waals surface area contributed by atoms with Crippen molar-refractivity contribution < 1.29 is 9.84 Å². The molecule has 0 aliphatic carbocycles. The number of nitrogens with zero attached hydrogens (tertiary/aromatic N) is 3. The van der Waals surface area contributed by atoms with Crippen molar-refractivity contribution in [1.29, 1.82) is 0 Å². The number of aryl methyl sites for hydroxylation is 1. The van der Waals surface area contributed by atoms with Crippen LogP contribution in [0.2, 0.25) is 0 Å². The number of rotatable bonds is 4. The van der Waals surface area contributed by atoms with E-state index in [-0.39, 0.29) is 5.75 Å². The van der Waals surface area contributed by atoms with Crippen LogP contribution in [0.1, 0.15) is 5.56 Å². The second-order valence-corrected chi connectivity index (χ2v) is 7.03. The fourth-order valence-corrected chi connectivity index (χ4v) is 3.09. The molecule has 0 amide bonds. The molecular formula is C22H19N5O2S. The molecule has 7 nitrogen and oxygen atoms in total. The molecule has 0 saturated carbocycles. The third-order valence-corrected chi connectivity index (χ3v) is 4.64. The second kappa shape index (κ2) is 8.30. The molecular weight excluding hydrogens is 398 g/mol. The lowest BCUT2D eigenvalue weighted by Crippen LogP contribution is -2.20. The van der Waals surface area contributed by atoms with Gasteiger partial charge in [0.2, 0.25) is 0 Å². The first-order chi connectivity index (χ1) is 14.5. The predicted molar refractivity (Wildman–Crippen MR) is 122 cm³/mol. The number of phenolic OH excluding ortho intramolecular Hbond substituents is 1. The van der Waals surface area contributed by atoms with E-state index < -0.39 is 0 Å². The molecule has 0 aliphatic heterocycles. The Kier molecular flexibility index (Phi) is 5.40. The van der Waals surface area contributed by atoms with Crippen LogP contribution in [0.4, 0.5) is 11.5 Å². The van der Waals surface area contributed by atoms with E-state index in [1.807, 2.05) is 43.3 Å². The highest BCUT2D eigenvalue weighted by molar-refractivity contribution is 7.80. The van der Waals surface area contributed by atoms with Gasteiger partial charge in [-0.25, -0.2) is 15.0 Å². The fourth-order valence-electron chi connectivity index (χ4n) is 2.87. The summed E-state index contributed by atoms with van der Waals surface area (Å²) in [4.78, 5) is 13.5. The zero-order valence-corrected chi connectivity index (χ0v) is 17.2. The van der Waals surface area contributed by atoms with Gasteiger partial charge >= 0.3 is 0 Å². The number of methoxy groups -OCH3 is 1. The quantitative estimate of drug-likeness (QED) is 0.417. The molecule has 4 rings (SSSR count). The standard InChI is InChI=1S/C22H19N5O2S/c1-13-3-6-15(7-4-13)24-22(30)27-20-12-23-17-9-8-16(25-21(17)26-20)14-5-10-18(28)19(11-14)29-2/h3-12,28H,1-2H3,(H2,24,25,26,27,30). The second-order valence-electron chi connectivity index (χ2n) is 6.63. The minimum absolute atomic E-state index is 0.0721. The van der Waals surface area contributed by atoms with Gasteiger partial charge in [-0.1, -0.05) is 17.7 Å². The summed E-state index contributed by atoms with van der Waals surface area (Å²) in [5.41, 5.74) is 4.67. The first-order valence-electron chi connectivity index (χ1n) is 9.18. The van der Waals surface area contributed by atoms with E-state index in [0.29, 0.717) is 33.5 Å². The van der Waals surface area contributed by atoms with Gasteiger partial charge in [0.15, 0.2) is 28.1 Å². The van der Waals surface area contributed by atoms with Gasteiger partial charge in [0, 0.05) is 11.3 Å². The number of aromatic hydroxyl groups is 1. The summed E-state index contributed by atoms with van der Waals surface area (Å²) < 4.78 is 5.18. The lowest BCUT2D eigenvalue weighted by Gasteiger charge is -2.11. The van der Waals surface area contributed by atoms with E-state index in [4.69, 9.17) is 17.0 Å². The van der Waals surface area contributed by atoms with E-state index in [1.54, 1.807) is 24.4 Å². The van der Waals surface area contributed by atoms with Crippen molar-refractivity contribution in [3.8, 4) is 22.8 Å². The van der Waals surface area contributed by atoms with Crippen molar-refractivity contribution in [1.82, 2.24) is 15.0 Å². The molecule has 2 aromatic heterocycles. The number of aromatic nitrogens is 3. The van der Waals surface area contributed by atoms with Gasteiger partial charge in [0.05, 0.1) is 19.0 Å². The number of nitrogens with one attached hydrogen (secondary N) is 2. The normalized spacial score (nSPS) is 10.6. The molecule has 0 aliphatic rings. The molecule has 0 unspecified atom stereocenters. The van der Waals surface area contributed by atoms with Crippen molar-refractivity contribution in [3.05, 3.63) is 66.4 Å². The molecule has 3 N–H and O–H groups in total. The van der Waals surface area contributed by atoms with Crippen LogP contribution < -0.4 is 15.4 Å². The number of ether oxygens (including phenoxy) is 1. The van der Waals surface area contributed by atoms with Crippen molar-refractivity contribution in [2.75, 3.05) is 17.7 Å². The van der Waals surface area contributed by atoms with Crippen LogP contribution in [0.15, 0.2) is 60.8 Å². The van der Waals surface area contributed by atoms with Gasteiger partial charge < -0.3 is 20.5 Å². The summed E-state index contributed by atoms with van der Waals surface area (Å²) in [5.74, 6) is 0.936. The van der Waals surface area contributed by atoms with Gasteiger partial charge in [-0.15, -0.1) is 0 Å². The van der Waals surface area contributed by atoms with Gasteiger partial charge in [-0.05, 0) is 61.6 Å². The first kappa shape index (κ1) is 19.5. The van der Waals surface area contributed by atoms with Crippen LogP contribution in [0.25, 0.3) is 22.4 Å². The number of hydrogen-bond donors (Lipinski definition) is 3. The molecule has 0 saturated heterocycles. The average molecular weight is 417 g/mol.